The van der Waals surface area contributed by atoms with Crippen molar-refractivity contribution in [3.8, 4) is 11.1 Å². The van der Waals surface area contributed by atoms with Gasteiger partial charge in [-0.2, -0.15) is 0 Å². The Labute approximate surface area is 185 Å². The van der Waals surface area contributed by atoms with Crippen LogP contribution in [0.1, 0.15) is 0 Å². The molecule has 0 saturated heterocycles. The van der Waals surface area contributed by atoms with Gasteiger partial charge in [0.15, 0.2) is 0 Å². The Balaban J connectivity index is 1.68. The van der Waals surface area contributed by atoms with Crippen LogP contribution >= 0.6 is 0 Å². The third-order valence-corrected chi connectivity index (χ3v) is 7.34. The van der Waals surface area contributed by atoms with E-state index in [2.05, 4.69) is 109 Å². The second kappa shape index (κ2) is 5.75. The SMILES string of the molecule is c1ccc(-c2ccc3c4cc5cccc6c7ccccc7c(c56)c4c4cccc2c34)cc1. The van der Waals surface area contributed by atoms with Crippen molar-refractivity contribution < 1.29 is 0 Å². The fourth-order valence-electron chi connectivity index (χ4n) is 6.09. The van der Waals surface area contributed by atoms with E-state index in [1.54, 1.807) is 0 Å². The quantitative estimate of drug-likeness (QED) is 0.257. The molecule has 0 aliphatic carbocycles. The van der Waals surface area contributed by atoms with E-state index in [0.29, 0.717) is 0 Å². The summed E-state index contributed by atoms with van der Waals surface area (Å²) in [6, 6.07) is 40.3. The third-order valence-electron chi connectivity index (χ3n) is 7.34. The predicted molar refractivity (Wildman–Crippen MR) is 139 cm³/mol. The van der Waals surface area contributed by atoms with E-state index < -0.39 is 0 Å². The Hall–Kier alpha value is -4.16. The smallest absolute Gasteiger partial charge is 0.000785 e. The molecule has 0 aromatic heterocycles. The third kappa shape index (κ3) is 1.89. The first-order valence-corrected chi connectivity index (χ1v) is 11.2. The maximum Gasteiger partial charge on any atom is -0.000785 e. The van der Waals surface area contributed by atoms with Crippen LogP contribution in [0.5, 0.6) is 0 Å². The van der Waals surface area contributed by atoms with Crippen LogP contribution in [-0.2, 0) is 0 Å². The second-order valence-corrected chi connectivity index (χ2v) is 8.88. The van der Waals surface area contributed by atoms with Gasteiger partial charge in [-0.25, -0.2) is 0 Å². The zero-order chi connectivity index (χ0) is 20.8. The van der Waals surface area contributed by atoms with Gasteiger partial charge in [0.1, 0.15) is 0 Å². The van der Waals surface area contributed by atoms with Gasteiger partial charge in [0.2, 0.25) is 0 Å². The topological polar surface area (TPSA) is 0 Å². The summed E-state index contributed by atoms with van der Waals surface area (Å²) in [7, 11) is 0. The number of hydrogen-bond donors (Lipinski definition) is 0. The summed E-state index contributed by atoms with van der Waals surface area (Å²) in [5, 5.41) is 16.5. The van der Waals surface area contributed by atoms with E-state index in [1.807, 2.05) is 0 Å². The van der Waals surface area contributed by atoms with Crippen molar-refractivity contribution >= 4 is 64.6 Å². The fraction of sp³-hybridized carbons (Fsp3) is 0. The number of hydrogen-bond acceptors (Lipinski definition) is 0. The van der Waals surface area contributed by atoms with Crippen LogP contribution in [0.25, 0.3) is 75.8 Å². The normalized spacial score (nSPS) is 12.4. The molecule has 0 fully saturated rings. The number of fused-ring (bicyclic) bond motifs is 7. The molecular weight excluding hydrogens is 384 g/mol. The molecule has 0 radical (unpaired) electrons. The second-order valence-electron chi connectivity index (χ2n) is 8.88. The van der Waals surface area contributed by atoms with Crippen molar-refractivity contribution in [3.05, 3.63) is 109 Å². The Morgan fingerprint density at radius 1 is 0.312 bits per heavy atom. The van der Waals surface area contributed by atoms with Crippen LogP contribution in [-0.4, -0.2) is 0 Å². The molecule has 8 aromatic carbocycles. The van der Waals surface area contributed by atoms with E-state index in [9.17, 15) is 0 Å². The minimum atomic E-state index is 1.27. The van der Waals surface area contributed by atoms with E-state index in [1.165, 1.54) is 75.8 Å². The van der Waals surface area contributed by atoms with Crippen molar-refractivity contribution in [2.75, 3.05) is 0 Å². The first kappa shape index (κ1) is 16.5. The van der Waals surface area contributed by atoms with E-state index in [0.717, 1.165) is 0 Å². The highest BCUT2D eigenvalue weighted by molar-refractivity contribution is 6.45. The Morgan fingerprint density at radius 2 is 0.969 bits per heavy atom. The van der Waals surface area contributed by atoms with Crippen LogP contribution in [0.3, 0.4) is 0 Å². The zero-order valence-electron chi connectivity index (χ0n) is 17.4. The first-order chi connectivity index (χ1) is 15.9. The lowest BCUT2D eigenvalue weighted by atomic mass is 9.96. The molecule has 32 heavy (non-hydrogen) atoms. The molecule has 0 N–H and O–H groups in total. The molecule has 8 rings (SSSR count). The van der Waals surface area contributed by atoms with Crippen LogP contribution < -0.4 is 0 Å². The molecule has 0 aliphatic heterocycles. The van der Waals surface area contributed by atoms with Crippen LogP contribution in [0.4, 0.5) is 0 Å². The number of benzene rings is 6. The van der Waals surface area contributed by atoms with Gasteiger partial charge in [-0.1, -0.05) is 103 Å². The molecule has 0 bridgehead atoms. The predicted octanol–water partition coefficient (Wildman–Crippen LogP) is 9.15. The van der Waals surface area contributed by atoms with Gasteiger partial charge in [-0.15, -0.1) is 0 Å². The molecule has 0 saturated carbocycles. The highest BCUT2D eigenvalue weighted by Crippen LogP contribution is 2.49. The van der Waals surface area contributed by atoms with Crippen molar-refractivity contribution in [1.29, 1.82) is 0 Å². The Bertz CT molecular complexity index is 1960. The number of rotatable bonds is 1. The summed E-state index contributed by atoms with van der Waals surface area (Å²) in [4.78, 5) is 0. The monoisotopic (exact) mass is 402 g/mol. The molecule has 0 unspecified atom stereocenters. The van der Waals surface area contributed by atoms with Crippen molar-refractivity contribution in [1.82, 2.24) is 0 Å². The summed E-state index contributed by atoms with van der Waals surface area (Å²) >= 11 is 0. The van der Waals surface area contributed by atoms with Crippen LogP contribution in [0, 0.1) is 0 Å². The molecule has 0 spiro atoms. The van der Waals surface area contributed by atoms with Gasteiger partial charge in [0.05, 0.1) is 0 Å². The largest absolute Gasteiger partial charge is 0.0622 e. The molecular formula is C32H18. The molecule has 0 nitrogen and oxygen atoms in total. The van der Waals surface area contributed by atoms with Crippen molar-refractivity contribution in [2.24, 2.45) is 0 Å². The summed E-state index contributed by atoms with van der Waals surface area (Å²) < 4.78 is 0. The minimum absolute atomic E-state index is 1.27. The zero-order valence-corrected chi connectivity index (χ0v) is 17.4. The molecule has 0 atom stereocenters. The molecule has 0 amide bonds. The van der Waals surface area contributed by atoms with Gasteiger partial charge in [-0.05, 0) is 81.8 Å². The summed E-state index contributed by atoms with van der Waals surface area (Å²) in [6.07, 6.45) is 0. The summed E-state index contributed by atoms with van der Waals surface area (Å²) in [5.74, 6) is 0. The molecule has 146 valence electrons. The summed E-state index contributed by atoms with van der Waals surface area (Å²) in [6.45, 7) is 0. The van der Waals surface area contributed by atoms with E-state index >= 15 is 0 Å². The van der Waals surface area contributed by atoms with Gasteiger partial charge in [0.25, 0.3) is 0 Å². The van der Waals surface area contributed by atoms with Gasteiger partial charge in [0, 0.05) is 0 Å². The van der Waals surface area contributed by atoms with Gasteiger partial charge < -0.3 is 0 Å². The van der Waals surface area contributed by atoms with E-state index in [4.69, 9.17) is 0 Å². The van der Waals surface area contributed by atoms with Crippen molar-refractivity contribution in [2.45, 2.75) is 0 Å². The van der Waals surface area contributed by atoms with E-state index in [-0.39, 0.29) is 0 Å². The Morgan fingerprint density at radius 3 is 1.88 bits per heavy atom. The fourth-order valence-corrected chi connectivity index (χ4v) is 6.09. The highest BCUT2D eigenvalue weighted by atomic mass is 14.2. The molecule has 8 aromatic rings. The molecule has 0 aliphatic rings. The van der Waals surface area contributed by atoms with Gasteiger partial charge >= 0.3 is 0 Å². The van der Waals surface area contributed by atoms with Gasteiger partial charge in [-0.3, -0.25) is 0 Å². The Kier molecular flexibility index (Phi) is 2.97. The lowest BCUT2D eigenvalue weighted by Gasteiger charge is -2.07. The lowest BCUT2D eigenvalue weighted by molar-refractivity contribution is 1.67. The summed E-state index contributed by atoms with van der Waals surface area (Å²) in [5.41, 5.74) is 2.58. The maximum atomic E-state index is 2.42. The standard InChI is InChI=1S/C32H18/c1-2-8-19(9-3-1)21-16-17-26-28-18-20-10-6-13-24-22-11-4-5-12-25(22)32(29(20)24)31(28)27-15-7-14-23(21)30(26)27/h1-18H. The average Bonchev–Trinajstić information content (AvgIpc) is 3.36. The average molecular weight is 402 g/mol. The lowest BCUT2D eigenvalue weighted by Crippen LogP contribution is -1.81. The van der Waals surface area contributed by atoms with Crippen LogP contribution in [0.2, 0.25) is 0 Å². The van der Waals surface area contributed by atoms with Crippen LogP contribution in [0.15, 0.2) is 109 Å². The molecule has 0 heteroatoms. The minimum Gasteiger partial charge on any atom is -0.0622 e. The first-order valence-electron chi connectivity index (χ1n) is 11.2. The van der Waals surface area contributed by atoms with Crippen molar-refractivity contribution in [3.63, 3.8) is 0 Å². The highest BCUT2D eigenvalue weighted by Gasteiger charge is 2.20. The maximum absolute atomic E-state index is 2.42. The molecule has 0 heterocycles.